The van der Waals surface area contributed by atoms with Gasteiger partial charge in [0.2, 0.25) is 0 Å². The number of aliphatic carboxylic acids is 2. The number of nitrogens with two attached hydrogens (primary N) is 2. The van der Waals surface area contributed by atoms with E-state index in [0.717, 1.165) is 25.9 Å². The first kappa shape index (κ1) is 30.0. The second kappa shape index (κ2) is 24.6. The molecule has 0 aromatic heterocycles. The van der Waals surface area contributed by atoms with Gasteiger partial charge in [0.15, 0.2) is 0 Å². The summed E-state index contributed by atoms with van der Waals surface area (Å²) >= 11 is 0. The van der Waals surface area contributed by atoms with E-state index >= 15 is 0 Å². The first-order chi connectivity index (χ1) is 6.54. The molecule has 0 aliphatic carbocycles. The molecule has 0 heterocycles. The van der Waals surface area contributed by atoms with Crippen LogP contribution in [0.4, 0.5) is 0 Å². The Kier molecular flexibility index (Phi) is 43.4. The van der Waals surface area contributed by atoms with Crippen molar-refractivity contribution in [3.8, 4) is 0 Å². The van der Waals surface area contributed by atoms with Crippen LogP contribution >= 0.6 is 0 Å². The maximum Gasteiger partial charge on any atom is 2.00 e. The normalized spacial score (nSPS) is 7.18. The second-order valence-electron chi connectivity index (χ2n) is 2.53. The number of carbonyl (C=O) groups is 2. The molecule has 0 aromatic rings. The van der Waals surface area contributed by atoms with Gasteiger partial charge in [-0.2, -0.15) is 0 Å². The summed E-state index contributed by atoms with van der Waals surface area (Å²) in [4.78, 5) is 19.0. The van der Waals surface area contributed by atoms with Gasteiger partial charge in [0.05, 0.1) is 0 Å². The molecule has 17 heavy (non-hydrogen) atoms. The zero-order valence-electron chi connectivity index (χ0n) is 9.35. The average molecular weight is 435 g/mol. The van der Waals surface area contributed by atoms with E-state index < -0.39 is 24.8 Å². The summed E-state index contributed by atoms with van der Waals surface area (Å²) in [5, 5.41) is 19.0. The molecular weight excluding hydrogens is 415 g/mol. The zero-order chi connectivity index (χ0) is 11.4. The van der Waals surface area contributed by atoms with Crippen molar-refractivity contribution < 1.29 is 51.8 Å². The van der Waals surface area contributed by atoms with Gasteiger partial charge in [-0.05, 0) is 38.8 Å². The summed E-state index contributed by atoms with van der Waals surface area (Å²) in [5.41, 5.74) is 10.3. The number of carbonyl (C=O) groups excluding carboxylic acids is 2. The minimum absolute atomic E-state index is 0. The second-order valence-corrected chi connectivity index (χ2v) is 2.53. The summed E-state index contributed by atoms with van der Waals surface area (Å²) in [6.07, 6.45) is 1.19. The SMILES string of the molecule is NCCCCN.O.O.O=C([O-])CCC(=O)[O-].[Pt+2]. The Morgan fingerprint density at radius 1 is 0.824 bits per heavy atom. The van der Waals surface area contributed by atoms with Gasteiger partial charge in [-0.1, -0.05) is 0 Å². The van der Waals surface area contributed by atoms with Gasteiger partial charge in [0.25, 0.3) is 0 Å². The summed E-state index contributed by atoms with van der Waals surface area (Å²) in [6, 6.07) is 0. The van der Waals surface area contributed by atoms with Crippen molar-refractivity contribution in [2.75, 3.05) is 13.1 Å². The molecule has 0 amide bonds. The molecule has 108 valence electrons. The summed E-state index contributed by atoms with van der Waals surface area (Å²) < 4.78 is 0. The van der Waals surface area contributed by atoms with Crippen LogP contribution in [0.15, 0.2) is 0 Å². The quantitative estimate of drug-likeness (QED) is 0.393. The first-order valence-corrected chi connectivity index (χ1v) is 4.34. The molecule has 0 aliphatic heterocycles. The van der Waals surface area contributed by atoms with Gasteiger partial charge in [-0.3, -0.25) is 0 Å². The van der Waals surface area contributed by atoms with Crippen molar-refractivity contribution in [1.82, 2.24) is 0 Å². The number of unbranched alkanes of at least 4 members (excludes halogenated alkanes) is 1. The summed E-state index contributed by atoms with van der Waals surface area (Å²) in [5.74, 6) is -2.73. The fourth-order valence-electron chi connectivity index (χ4n) is 0.493. The van der Waals surface area contributed by atoms with Crippen LogP contribution in [-0.4, -0.2) is 36.0 Å². The Labute approximate surface area is 114 Å². The maximum absolute atomic E-state index is 9.50. The zero-order valence-corrected chi connectivity index (χ0v) is 11.6. The smallest absolute Gasteiger partial charge is 0.550 e. The minimum Gasteiger partial charge on any atom is -0.550 e. The molecule has 0 unspecified atom stereocenters. The fraction of sp³-hybridized carbons (Fsp3) is 0.750. The number of carboxylic acids is 2. The van der Waals surface area contributed by atoms with Crippen LogP contribution in [0.5, 0.6) is 0 Å². The van der Waals surface area contributed by atoms with Crippen molar-refractivity contribution in [2.24, 2.45) is 11.5 Å². The van der Waals surface area contributed by atoms with Crippen LogP contribution in [0.25, 0.3) is 0 Å². The molecule has 0 rings (SSSR count). The Morgan fingerprint density at radius 3 is 1.18 bits per heavy atom. The summed E-state index contributed by atoms with van der Waals surface area (Å²) in [6.45, 7) is 1.55. The van der Waals surface area contributed by atoms with Crippen molar-refractivity contribution in [2.45, 2.75) is 25.7 Å². The van der Waals surface area contributed by atoms with Crippen molar-refractivity contribution in [3.05, 3.63) is 0 Å². The average Bonchev–Trinajstić information content (AvgIpc) is 2.12. The Balaban J connectivity index is -0.0000000493. The van der Waals surface area contributed by atoms with Crippen LogP contribution in [0.2, 0.25) is 0 Å². The van der Waals surface area contributed by atoms with Crippen LogP contribution in [0.1, 0.15) is 25.7 Å². The van der Waals surface area contributed by atoms with Crippen molar-refractivity contribution in [1.29, 1.82) is 0 Å². The van der Waals surface area contributed by atoms with Gasteiger partial charge in [-0.25, -0.2) is 0 Å². The van der Waals surface area contributed by atoms with Gasteiger partial charge in [0.1, 0.15) is 0 Å². The van der Waals surface area contributed by atoms with E-state index in [9.17, 15) is 19.8 Å². The third kappa shape index (κ3) is 50.3. The predicted octanol–water partition coefficient (Wildman–Crippen LogP) is -4.70. The van der Waals surface area contributed by atoms with E-state index in [1.54, 1.807) is 0 Å². The molecule has 8 N–H and O–H groups in total. The molecule has 0 spiro atoms. The third-order valence-electron chi connectivity index (χ3n) is 1.19. The van der Waals surface area contributed by atoms with Gasteiger partial charge in [0, 0.05) is 11.9 Å². The molecule has 0 saturated carbocycles. The summed E-state index contributed by atoms with van der Waals surface area (Å²) in [7, 11) is 0. The van der Waals surface area contributed by atoms with Gasteiger partial charge >= 0.3 is 21.1 Å². The number of carboxylic acid groups (broad SMARTS) is 2. The first-order valence-electron chi connectivity index (χ1n) is 4.34. The van der Waals surface area contributed by atoms with E-state index in [-0.39, 0.29) is 32.0 Å². The molecule has 9 heteroatoms. The van der Waals surface area contributed by atoms with E-state index in [0.29, 0.717) is 0 Å². The van der Waals surface area contributed by atoms with Crippen LogP contribution in [0, 0.1) is 0 Å². The topological polar surface area (TPSA) is 195 Å². The van der Waals surface area contributed by atoms with Crippen LogP contribution in [-0.2, 0) is 30.7 Å². The molecule has 0 aliphatic rings. The van der Waals surface area contributed by atoms with Crippen LogP contribution < -0.4 is 21.7 Å². The molecule has 0 atom stereocenters. The van der Waals surface area contributed by atoms with Crippen LogP contribution in [0.3, 0.4) is 0 Å². The minimum atomic E-state index is -1.37. The molecule has 8 nitrogen and oxygen atoms in total. The molecule has 0 bridgehead atoms. The third-order valence-corrected chi connectivity index (χ3v) is 1.19. The number of rotatable bonds is 6. The monoisotopic (exact) mass is 435 g/mol. The Morgan fingerprint density at radius 2 is 1.06 bits per heavy atom. The van der Waals surface area contributed by atoms with Gasteiger partial charge < -0.3 is 42.2 Å². The van der Waals surface area contributed by atoms with Crippen molar-refractivity contribution in [3.63, 3.8) is 0 Å². The Hall–Kier alpha value is -0.532. The van der Waals surface area contributed by atoms with E-state index in [2.05, 4.69) is 0 Å². The maximum atomic E-state index is 9.50. The van der Waals surface area contributed by atoms with Crippen molar-refractivity contribution >= 4 is 11.9 Å². The van der Waals surface area contributed by atoms with E-state index in [1.165, 1.54) is 0 Å². The van der Waals surface area contributed by atoms with E-state index in [1.807, 2.05) is 0 Å². The molecule has 0 fully saturated rings. The largest absolute Gasteiger partial charge is 2.00 e. The molecular formula is C8H20N2O6Pt. The molecule has 0 aromatic carbocycles. The fourth-order valence-corrected chi connectivity index (χ4v) is 0.493. The Bertz CT molecular complexity index is 152. The molecule has 0 saturated heterocycles. The number of hydrogen-bond acceptors (Lipinski definition) is 6. The predicted molar refractivity (Wildman–Crippen MR) is 53.8 cm³/mol. The standard InChI is InChI=1S/C4H12N2.C4H6O4.2H2O.Pt/c5-3-1-2-4-6;5-3(6)1-2-4(7)8;;;/h1-6H2;1-2H2,(H,5,6)(H,7,8);2*1H2;/q;;;;+2/p-2. The van der Waals surface area contributed by atoms with Gasteiger partial charge in [-0.15, -0.1) is 0 Å². The number of hydrogen-bond donors (Lipinski definition) is 2. The molecule has 0 radical (unpaired) electrons. The van der Waals surface area contributed by atoms with E-state index in [4.69, 9.17) is 11.5 Å².